The maximum absolute atomic E-state index is 14.0. The van der Waals surface area contributed by atoms with Gasteiger partial charge in [-0.15, -0.1) is 11.3 Å². The number of halogens is 2. The van der Waals surface area contributed by atoms with Crippen molar-refractivity contribution in [2.75, 3.05) is 5.32 Å². The molecule has 1 aromatic carbocycles. The number of hydrogen-bond acceptors (Lipinski definition) is 3. The fourth-order valence-corrected chi connectivity index (χ4v) is 3.08. The highest BCUT2D eigenvalue weighted by Gasteiger charge is 2.20. The van der Waals surface area contributed by atoms with E-state index in [1.807, 2.05) is 35.3 Å². The van der Waals surface area contributed by atoms with Gasteiger partial charge in [0.2, 0.25) is 0 Å². The first-order valence-electron chi connectivity index (χ1n) is 6.37. The molecule has 0 fully saturated rings. The molecule has 1 N–H and O–H groups in total. The first kappa shape index (κ1) is 14.1. The molecule has 0 saturated heterocycles. The second-order valence-corrected chi connectivity index (χ2v) is 6.03. The van der Waals surface area contributed by atoms with Crippen LogP contribution in [0, 0.1) is 5.82 Å². The Balaban J connectivity index is 2.01. The minimum atomic E-state index is -0.338. The molecule has 108 valence electrons. The number of nitrogens with zero attached hydrogens (tertiary/aromatic N) is 2. The molecule has 0 amide bonds. The number of nitrogens with one attached hydrogen (secondary N) is 1. The Morgan fingerprint density at radius 2 is 2.24 bits per heavy atom. The molecule has 0 aliphatic carbocycles. The number of thiophene rings is 1. The average molecular weight is 322 g/mol. The summed E-state index contributed by atoms with van der Waals surface area (Å²) >= 11 is 7.55. The molecule has 21 heavy (non-hydrogen) atoms. The van der Waals surface area contributed by atoms with Gasteiger partial charge in [0.05, 0.1) is 5.69 Å². The van der Waals surface area contributed by atoms with Crippen molar-refractivity contribution < 1.29 is 4.39 Å². The van der Waals surface area contributed by atoms with Gasteiger partial charge in [0, 0.05) is 29.3 Å². The lowest BCUT2D eigenvalue weighted by Crippen LogP contribution is -2.16. The molecule has 3 aromatic rings. The van der Waals surface area contributed by atoms with E-state index in [2.05, 4.69) is 10.3 Å². The van der Waals surface area contributed by atoms with E-state index in [0.717, 1.165) is 10.7 Å². The van der Waals surface area contributed by atoms with Gasteiger partial charge in [-0.2, -0.15) is 0 Å². The molecule has 2 aromatic heterocycles. The van der Waals surface area contributed by atoms with E-state index in [0.29, 0.717) is 10.7 Å². The van der Waals surface area contributed by atoms with Crippen molar-refractivity contribution in [1.82, 2.24) is 9.55 Å². The summed E-state index contributed by atoms with van der Waals surface area (Å²) in [6.07, 6.45) is 3.60. The number of aryl methyl sites for hydroxylation is 1. The highest BCUT2D eigenvalue weighted by Crippen LogP contribution is 2.30. The van der Waals surface area contributed by atoms with Crippen LogP contribution < -0.4 is 5.32 Å². The fraction of sp³-hybridized carbons (Fsp3) is 0.133. The molecule has 0 saturated carbocycles. The van der Waals surface area contributed by atoms with Gasteiger partial charge in [-0.25, -0.2) is 9.37 Å². The number of benzene rings is 1. The topological polar surface area (TPSA) is 29.9 Å². The van der Waals surface area contributed by atoms with Gasteiger partial charge in [-0.1, -0.05) is 17.7 Å². The van der Waals surface area contributed by atoms with Crippen molar-refractivity contribution in [2.45, 2.75) is 6.04 Å². The summed E-state index contributed by atoms with van der Waals surface area (Å²) in [6.45, 7) is 0. The van der Waals surface area contributed by atoms with E-state index in [1.165, 1.54) is 12.1 Å². The summed E-state index contributed by atoms with van der Waals surface area (Å²) in [5.41, 5.74) is 0.365. The molecule has 2 heterocycles. The molecule has 1 atom stereocenters. The molecular formula is C15H13ClFN3S. The SMILES string of the molecule is Cn1ccnc1C(Nc1cc(Cl)ccc1F)c1cccs1. The lowest BCUT2D eigenvalue weighted by atomic mass is 10.2. The average Bonchev–Trinajstić information content (AvgIpc) is 3.11. The predicted molar refractivity (Wildman–Crippen MR) is 84.4 cm³/mol. The van der Waals surface area contributed by atoms with Crippen molar-refractivity contribution in [3.63, 3.8) is 0 Å². The molecular weight excluding hydrogens is 309 g/mol. The van der Waals surface area contributed by atoms with Gasteiger partial charge in [0.15, 0.2) is 0 Å². The molecule has 0 aliphatic heterocycles. The van der Waals surface area contributed by atoms with Crippen LogP contribution >= 0.6 is 22.9 Å². The standard InChI is InChI=1S/C15H13ClFN3S/c1-20-7-6-18-15(20)14(13-3-2-8-21-13)19-12-9-10(16)4-5-11(12)17/h2-9,14,19H,1H3. The monoisotopic (exact) mass is 321 g/mol. The Labute approximate surface area is 131 Å². The van der Waals surface area contributed by atoms with Crippen LogP contribution in [0.25, 0.3) is 0 Å². The molecule has 0 bridgehead atoms. The van der Waals surface area contributed by atoms with E-state index in [-0.39, 0.29) is 11.9 Å². The largest absolute Gasteiger partial charge is 0.368 e. The lowest BCUT2D eigenvalue weighted by molar-refractivity contribution is 0.626. The molecule has 0 aliphatic rings. The van der Waals surface area contributed by atoms with Crippen molar-refractivity contribution in [3.05, 3.63) is 69.6 Å². The molecule has 3 rings (SSSR count). The maximum Gasteiger partial charge on any atom is 0.146 e. The van der Waals surface area contributed by atoms with E-state index in [9.17, 15) is 4.39 Å². The minimum Gasteiger partial charge on any atom is -0.368 e. The van der Waals surface area contributed by atoms with Crippen molar-refractivity contribution in [1.29, 1.82) is 0 Å². The van der Waals surface area contributed by atoms with Crippen LogP contribution in [0.2, 0.25) is 5.02 Å². The zero-order valence-electron chi connectivity index (χ0n) is 11.3. The van der Waals surface area contributed by atoms with E-state index in [4.69, 9.17) is 11.6 Å². The van der Waals surface area contributed by atoms with Crippen LogP contribution in [0.4, 0.5) is 10.1 Å². The molecule has 0 radical (unpaired) electrons. The van der Waals surface area contributed by atoms with Gasteiger partial charge in [0.25, 0.3) is 0 Å². The number of rotatable bonds is 4. The smallest absolute Gasteiger partial charge is 0.146 e. The van der Waals surface area contributed by atoms with Crippen LogP contribution in [-0.2, 0) is 7.05 Å². The Morgan fingerprint density at radius 3 is 2.90 bits per heavy atom. The van der Waals surface area contributed by atoms with Crippen LogP contribution in [0.1, 0.15) is 16.7 Å². The number of hydrogen-bond donors (Lipinski definition) is 1. The van der Waals surface area contributed by atoms with E-state index in [1.54, 1.807) is 23.6 Å². The third-order valence-electron chi connectivity index (χ3n) is 3.17. The third kappa shape index (κ3) is 2.94. The maximum atomic E-state index is 14.0. The predicted octanol–water partition coefficient (Wildman–Crippen LogP) is 4.48. The summed E-state index contributed by atoms with van der Waals surface area (Å²) in [6, 6.07) is 8.21. The first-order chi connectivity index (χ1) is 10.1. The summed E-state index contributed by atoms with van der Waals surface area (Å²) < 4.78 is 15.9. The number of imidazole rings is 1. The molecule has 3 nitrogen and oxygen atoms in total. The highest BCUT2D eigenvalue weighted by molar-refractivity contribution is 7.10. The Bertz CT molecular complexity index is 739. The van der Waals surface area contributed by atoms with Gasteiger partial charge in [-0.3, -0.25) is 0 Å². The summed E-state index contributed by atoms with van der Waals surface area (Å²) in [5.74, 6) is 0.479. The highest BCUT2D eigenvalue weighted by atomic mass is 35.5. The lowest BCUT2D eigenvalue weighted by Gasteiger charge is -2.19. The summed E-state index contributed by atoms with van der Waals surface area (Å²) in [7, 11) is 1.92. The third-order valence-corrected chi connectivity index (χ3v) is 4.34. The molecule has 6 heteroatoms. The fourth-order valence-electron chi connectivity index (χ4n) is 2.14. The normalized spacial score (nSPS) is 12.3. The van der Waals surface area contributed by atoms with Crippen molar-refractivity contribution in [3.8, 4) is 0 Å². The number of aromatic nitrogens is 2. The number of anilines is 1. The molecule has 0 spiro atoms. The van der Waals surface area contributed by atoms with Crippen LogP contribution in [0.3, 0.4) is 0 Å². The van der Waals surface area contributed by atoms with Crippen LogP contribution in [0.5, 0.6) is 0 Å². The molecule has 1 unspecified atom stereocenters. The van der Waals surface area contributed by atoms with E-state index < -0.39 is 0 Å². The Morgan fingerprint density at radius 1 is 1.38 bits per heavy atom. The second kappa shape index (κ2) is 5.87. The van der Waals surface area contributed by atoms with Crippen LogP contribution in [0.15, 0.2) is 48.1 Å². The zero-order chi connectivity index (χ0) is 14.8. The van der Waals surface area contributed by atoms with Crippen molar-refractivity contribution >= 4 is 28.6 Å². The Kier molecular flexibility index (Phi) is 3.94. The summed E-state index contributed by atoms with van der Waals surface area (Å²) in [5, 5.41) is 5.68. The van der Waals surface area contributed by atoms with Gasteiger partial charge >= 0.3 is 0 Å². The van der Waals surface area contributed by atoms with Crippen LogP contribution in [-0.4, -0.2) is 9.55 Å². The van der Waals surface area contributed by atoms with Gasteiger partial charge in [-0.05, 0) is 29.6 Å². The summed E-state index contributed by atoms with van der Waals surface area (Å²) in [4.78, 5) is 5.43. The van der Waals surface area contributed by atoms with Gasteiger partial charge in [0.1, 0.15) is 17.7 Å². The first-order valence-corrected chi connectivity index (χ1v) is 7.63. The van der Waals surface area contributed by atoms with Gasteiger partial charge < -0.3 is 9.88 Å². The second-order valence-electron chi connectivity index (χ2n) is 4.61. The minimum absolute atomic E-state index is 0.224. The zero-order valence-corrected chi connectivity index (χ0v) is 12.8. The van der Waals surface area contributed by atoms with Crippen molar-refractivity contribution in [2.24, 2.45) is 7.05 Å². The van der Waals surface area contributed by atoms with E-state index >= 15 is 0 Å². The quantitative estimate of drug-likeness (QED) is 0.768. The Hall–Kier alpha value is -1.85.